The van der Waals surface area contributed by atoms with E-state index in [1.807, 2.05) is 0 Å². The van der Waals surface area contributed by atoms with Crippen molar-refractivity contribution in [2.24, 2.45) is 0 Å². The Morgan fingerprint density at radius 1 is 1.43 bits per heavy atom. The molecular weight excluding hydrogens is 196 g/mol. The van der Waals surface area contributed by atoms with Gasteiger partial charge in [-0.3, -0.25) is 0 Å². The van der Waals surface area contributed by atoms with Gasteiger partial charge in [-0.05, 0) is 20.8 Å². The SMILES string of the molecule is C/C=C(\B1OCC(C)(C)O1)C(F)(F)F. The summed E-state index contributed by atoms with van der Waals surface area (Å²) in [6, 6.07) is 0. The average molecular weight is 208 g/mol. The fourth-order valence-electron chi connectivity index (χ4n) is 1.22. The van der Waals surface area contributed by atoms with Crippen LogP contribution in [0.15, 0.2) is 11.5 Å². The van der Waals surface area contributed by atoms with Gasteiger partial charge in [-0.2, -0.15) is 13.2 Å². The van der Waals surface area contributed by atoms with Crippen LogP contribution in [0.2, 0.25) is 0 Å². The standard InChI is InChI=1S/C8H12BF3O2/c1-4-6(8(10,11)12)9-13-5-7(2,3)14-9/h4H,5H2,1-3H3/b6-4-. The topological polar surface area (TPSA) is 18.5 Å². The second-order valence-electron chi connectivity index (χ2n) is 3.76. The molecule has 0 spiro atoms. The molecule has 0 bridgehead atoms. The van der Waals surface area contributed by atoms with E-state index in [0.29, 0.717) is 0 Å². The van der Waals surface area contributed by atoms with Crippen molar-refractivity contribution < 1.29 is 22.5 Å². The molecule has 0 aliphatic carbocycles. The van der Waals surface area contributed by atoms with E-state index in [1.54, 1.807) is 13.8 Å². The van der Waals surface area contributed by atoms with Gasteiger partial charge in [-0.1, -0.05) is 6.08 Å². The van der Waals surface area contributed by atoms with E-state index in [4.69, 9.17) is 9.31 Å². The first-order chi connectivity index (χ1) is 6.26. The average Bonchev–Trinajstić information content (AvgIpc) is 2.29. The molecule has 0 radical (unpaired) electrons. The molecule has 0 aromatic carbocycles. The molecule has 1 rings (SSSR count). The van der Waals surface area contributed by atoms with E-state index in [2.05, 4.69) is 0 Å². The zero-order valence-corrected chi connectivity index (χ0v) is 8.31. The molecule has 0 unspecified atom stereocenters. The number of allylic oxidation sites excluding steroid dienone is 2. The van der Waals surface area contributed by atoms with Gasteiger partial charge in [0.15, 0.2) is 0 Å². The van der Waals surface area contributed by atoms with E-state index in [9.17, 15) is 13.2 Å². The Hall–Kier alpha value is -0.485. The maximum absolute atomic E-state index is 12.4. The maximum Gasteiger partial charge on any atom is 0.499 e. The lowest BCUT2D eigenvalue weighted by Gasteiger charge is -2.17. The summed E-state index contributed by atoms with van der Waals surface area (Å²) in [5.74, 6) is 0. The minimum absolute atomic E-state index is 0.172. The Labute approximate surface area is 81.2 Å². The second kappa shape index (κ2) is 3.58. The van der Waals surface area contributed by atoms with Crippen molar-refractivity contribution in [1.82, 2.24) is 0 Å². The van der Waals surface area contributed by atoms with Crippen LogP contribution in [0.25, 0.3) is 0 Å². The monoisotopic (exact) mass is 208 g/mol. The number of hydrogen-bond acceptors (Lipinski definition) is 2. The van der Waals surface area contributed by atoms with E-state index < -0.39 is 24.4 Å². The molecule has 1 aliphatic heterocycles. The van der Waals surface area contributed by atoms with Gasteiger partial charge in [-0.25, -0.2) is 0 Å². The third kappa shape index (κ3) is 2.51. The third-order valence-corrected chi connectivity index (χ3v) is 1.90. The van der Waals surface area contributed by atoms with Gasteiger partial charge in [0, 0.05) is 0 Å². The first-order valence-corrected chi connectivity index (χ1v) is 4.29. The molecule has 1 fully saturated rings. The van der Waals surface area contributed by atoms with E-state index >= 15 is 0 Å². The Balaban J connectivity index is 2.76. The zero-order valence-electron chi connectivity index (χ0n) is 8.31. The van der Waals surface area contributed by atoms with Crippen LogP contribution < -0.4 is 0 Å². The first kappa shape index (κ1) is 11.6. The number of halogens is 3. The van der Waals surface area contributed by atoms with Crippen molar-refractivity contribution in [2.75, 3.05) is 6.61 Å². The van der Waals surface area contributed by atoms with Crippen molar-refractivity contribution in [3.05, 3.63) is 11.5 Å². The van der Waals surface area contributed by atoms with Gasteiger partial charge in [-0.15, -0.1) is 0 Å². The highest BCUT2D eigenvalue weighted by molar-refractivity contribution is 6.54. The second-order valence-corrected chi connectivity index (χ2v) is 3.76. The Morgan fingerprint density at radius 2 is 2.00 bits per heavy atom. The van der Waals surface area contributed by atoms with Crippen molar-refractivity contribution >= 4 is 7.12 Å². The molecule has 0 saturated carbocycles. The molecule has 80 valence electrons. The molecule has 1 saturated heterocycles. The van der Waals surface area contributed by atoms with Crippen LogP contribution in [-0.2, 0) is 9.31 Å². The molecule has 0 amide bonds. The third-order valence-electron chi connectivity index (χ3n) is 1.90. The van der Waals surface area contributed by atoms with Crippen LogP contribution in [0.5, 0.6) is 0 Å². The summed E-state index contributed by atoms with van der Waals surface area (Å²) in [6.45, 7) is 4.87. The molecule has 0 N–H and O–H groups in total. The lowest BCUT2D eigenvalue weighted by Crippen LogP contribution is -2.32. The Bertz CT molecular complexity index is 247. The minimum Gasteiger partial charge on any atom is -0.404 e. The van der Waals surface area contributed by atoms with Crippen LogP contribution in [-0.4, -0.2) is 25.5 Å². The molecule has 0 aromatic rings. The first-order valence-electron chi connectivity index (χ1n) is 4.29. The van der Waals surface area contributed by atoms with E-state index in [-0.39, 0.29) is 6.61 Å². The minimum atomic E-state index is -4.39. The normalized spacial score (nSPS) is 23.0. The predicted molar refractivity (Wildman–Crippen MR) is 46.7 cm³/mol. The number of rotatable bonds is 1. The number of alkyl halides is 3. The molecule has 1 heterocycles. The van der Waals surface area contributed by atoms with Gasteiger partial charge >= 0.3 is 13.3 Å². The van der Waals surface area contributed by atoms with E-state index in [1.165, 1.54) is 6.92 Å². The predicted octanol–water partition coefficient (Wildman–Crippen LogP) is 2.35. The smallest absolute Gasteiger partial charge is 0.404 e. The van der Waals surface area contributed by atoms with Crippen molar-refractivity contribution in [1.29, 1.82) is 0 Å². The van der Waals surface area contributed by atoms with Gasteiger partial charge in [0.25, 0.3) is 0 Å². The Kier molecular flexibility index (Phi) is 2.97. The van der Waals surface area contributed by atoms with Crippen molar-refractivity contribution in [3.63, 3.8) is 0 Å². The summed E-state index contributed by atoms with van der Waals surface area (Å²) < 4.78 is 47.2. The molecule has 1 aliphatic rings. The Morgan fingerprint density at radius 3 is 2.29 bits per heavy atom. The fourth-order valence-corrected chi connectivity index (χ4v) is 1.22. The number of hydrogen-bond donors (Lipinski definition) is 0. The summed E-state index contributed by atoms with van der Waals surface area (Å²) in [7, 11) is -1.28. The highest BCUT2D eigenvalue weighted by atomic mass is 19.4. The van der Waals surface area contributed by atoms with Gasteiger partial charge in [0.1, 0.15) is 0 Å². The summed E-state index contributed by atoms with van der Waals surface area (Å²) in [6.07, 6.45) is -3.41. The van der Waals surface area contributed by atoms with Gasteiger partial charge < -0.3 is 9.31 Å². The molecule has 6 heteroatoms. The van der Waals surface area contributed by atoms with Crippen LogP contribution in [0.1, 0.15) is 20.8 Å². The van der Waals surface area contributed by atoms with Crippen LogP contribution in [0.4, 0.5) is 13.2 Å². The van der Waals surface area contributed by atoms with Crippen LogP contribution in [0.3, 0.4) is 0 Å². The summed E-state index contributed by atoms with van der Waals surface area (Å²) in [4.78, 5) is 0. The highest BCUT2D eigenvalue weighted by Gasteiger charge is 2.49. The van der Waals surface area contributed by atoms with Crippen LogP contribution >= 0.6 is 0 Å². The quantitative estimate of drug-likeness (QED) is 0.615. The van der Waals surface area contributed by atoms with E-state index in [0.717, 1.165) is 6.08 Å². The molecule has 14 heavy (non-hydrogen) atoms. The van der Waals surface area contributed by atoms with Gasteiger partial charge in [0.2, 0.25) is 0 Å². The lowest BCUT2D eigenvalue weighted by molar-refractivity contribution is -0.0879. The summed E-state index contributed by atoms with van der Waals surface area (Å²) >= 11 is 0. The highest BCUT2D eigenvalue weighted by Crippen LogP contribution is 2.33. The maximum atomic E-state index is 12.4. The van der Waals surface area contributed by atoms with Crippen molar-refractivity contribution in [3.8, 4) is 0 Å². The zero-order chi connectivity index (χ0) is 11.0. The van der Waals surface area contributed by atoms with Gasteiger partial charge in [0.05, 0.1) is 17.7 Å². The fraction of sp³-hybridized carbons (Fsp3) is 0.750. The van der Waals surface area contributed by atoms with Crippen LogP contribution in [0, 0.1) is 0 Å². The molecular formula is C8H12BF3O2. The summed E-state index contributed by atoms with van der Waals surface area (Å²) in [5.41, 5.74) is -1.42. The molecule has 0 atom stereocenters. The largest absolute Gasteiger partial charge is 0.499 e. The molecule has 2 nitrogen and oxygen atoms in total. The molecule has 0 aromatic heterocycles. The lowest BCUT2D eigenvalue weighted by atomic mass is 9.77. The van der Waals surface area contributed by atoms with Crippen molar-refractivity contribution in [2.45, 2.75) is 32.5 Å². The summed E-state index contributed by atoms with van der Waals surface area (Å²) in [5, 5.41) is 0.